The molecular weight excluding hydrogens is 235 g/mol. The van der Waals surface area contributed by atoms with Crippen LogP contribution in [0, 0.1) is 5.95 Å². The Balaban J connectivity index is 2.08. The lowest BCUT2D eigenvalue weighted by atomic mass is 9.91. The Hall–Kier alpha value is -1.49. The third kappa shape index (κ3) is 2.85. The lowest BCUT2D eigenvalue weighted by Crippen LogP contribution is -2.45. The van der Waals surface area contributed by atoms with Crippen molar-refractivity contribution in [1.82, 2.24) is 9.88 Å². The first kappa shape index (κ1) is 13.0. The van der Waals surface area contributed by atoms with Gasteiger partial charge in [0.1, 0.15) is 0 Å². The van der Waals surface area contributed by atoms with E-state index in [0.717, 1.165) is 19.3 Å². The van der Waals surface area contributed by atoms with E-state index in [9.17, 15) is 9.18 Å². The van der Waals surface area contributed by atoms with Crippen molar-refractivity contribution < 1.29 is 14.3 Å². The molecule has 1 aliphatic rings. The number of aliphatic hydroxyl groups excluding tert-OH is 1. The maximum Gasteiger partial charge on any atom is 0.255 e. The molecule has 1 aromatic heterocycles. The summed E-state index contributed by atoms with van der Waals surface area (Å²) in [5.74, 6) is -0.710. The molecule has 0 spiro atoms. The minimum absolute atomic E-state index is 0.0676. The van der Waals surface area contributed by atoms with E-state index < -0.39 is 5.95 Å². The Labute approximate surface area is 105 Å². The summed E-state index contributed by atoms with van der Waals surface area (Å²) in [4.78, 5) is 17.6. The predicted octanol–water partition coefficient (Wildman–Crippen LogP) is 1.60. The normalized spacial score (nSPS) is 15.2. The molecule has 1 amide bonds. The number of aliphatic hydroxyl groups is 1. The van der Waals surface area contributed by atoms with Crippen LogP contribution in [0.5, 0.6) is 0 Å². The molecular formula is C13H17FN2O2. The zero-order valence-corrected chi connectivity index (χ0v) is 10.2. The second-order valence-electron chi connectivity index (χ2n) is 4.53. The minimum atomic E-state index is -0.586. The molecule has 0 aromatic carbocycles. The zero-order valence-electron chi connectivity index (χ0n) is 10.2. The van der Waals surface area contributed by atoms with Gasteiger partial charge in [0.25, 0.3) is 5.91 Å². The molecule has 0 aliphatic heterocycles. The largest absolute Gasteiger partial charge is 0.396 e. The van der Waals surface area contributed by atoms with Crippen molar-refractivity contribution in [2.75, 3.05) is 13.2 Å². The highest BCUT2D eigenvalue weighted by atomic mass is 19.1. The SMILES string of the molecule is O=C(c1ccc(F)nc1)N(CCCO)C1CCC1. The quantitative estimate of drug-likeness (QED) is 0.810. The highest BCUT2D eigenvalue weighted by molar-refractivity contribution is 5.94. The smallest absolute Gasteiger partial charge is 0.255 e. The topological polar surface area (TPSA) is 53.4 Å². The van der Waals surface area contributed by atoms with Crippen LogP contribution < -0.4 is 0 Å². The van der Waals surface area contributed by atoms with Gasteiger partial charge in [0, 0.05) is 25.4 Å². The standard InChI is InChI=1S/C13H17FN2O2/c14-12-6-5-10(9-15-12)13(18)16(7-2-8-17)11-3-1-4-11/h5-6,9,11,17H,1-4,7-8H2. The molecule has 1 aliphatic carbocycles. The van der Waals surface area contributed by atoms with E-state index in [2.05, 4.69) is 4.98 Å². The second kappa shape index (κ2) is 5.91. The Morgan fingerprint density at radius 3 is 2.78 bits per heavy atom. The van der Waals surface area contributed by atoms with E-state index in [4.69, 9.17) is 5.11 Å². The third-order valence-corrected chi connectivity index (χ3v) is 3.31. The summed E-state index contributed by atoms with van der Waals surface area (Å²) in [6.45, 7) is 0.607. The van der Waals surface area contributed by atoms with Crippen molar-refractivity contribution in [1.29, 1.82) is 0 Å². The molecule has 1 N–H and O–H groups in total. The summed E-state index contributed by atoms with van der Waals surface area (Å²) in [7, 11) is 0. The maximum absolute atomic E-state index is 12.7. The van der Waals surface area contributed by atoms with Crippen molar-refractivity contribution in [3.05, 3.63) is 29.8 Å². The highest BCUT2D eigenvalue weighted by Gasteiger charge is 2.29. The van der Waals surface area contributed by atoms with Crippen molar-refractivity contribution in [3.8, 4) is 0 Å². The fraction of sp³-hybridized carbons (Fsp3) is 0.538. The number of hydrogen-bond donors (Lipinski definition) is 1. The molecule has 0 saturated heterocycles. The number of nitrogens with zero attached hydrogens (tertiary/aromatic N) is 2. The van der Waals surface area contributed by atoms with Crippen LogP contribution in [0.4, 0.5) is 4.39 Å². The van der Waals surface area contributed by atoms with E-state index in [1.165, 1.54) is 18.3 Å². The summed E-state index contributed by atoms with van der Waals surface area (Å²) in [6, 6.07) is 2.90. The summed E-state index contributed by atoms with van der Waals surface area (Å²) in [6.07, 6.45) is 4.98. The fourth-order valence-electron chi connectivity index (χ4n) is 2.06. The predicted molar refractivity (Wildman–Crippen MR) is 64.6 cm³/mol. The van der Waals surface area contributed by atoms with E-state index in [1.54, 1.807) is 4.90 Å². The number of carbonyl (C=O) groups is 1. The van der Waals surface area contributed by atoms with Crippen LogP contribution >= 0.6 is 0 Å². The first-order valence-corrected chi connectivity index (χ1v) is 6.26. The molecule has 0 radical (unpaired) electrons. The second-order valence-corrected chi connectivity index (χ2v) is 4.53. The Morgan fingerprint density at radius 1 is 1.50 bits per heavy atom. The number of aromatic nitrogens is 1. The van der Waals surface area contributed by atoms with Crippen LogP contribution in [0.3, 0.4) is 0 Å². The van der Waals surface area contributed by atoms with Gasteiger partial charge in [-0.05, 0) is 37.8 Å². The van der Waals surface area contributed by atoms with Crippen LogP contribution in [0.2, 0.25) is 0 Å². The van der Waals surface area contributed by atoms with Gasteiger partial charge in [0.15, 0.2) is 0 Å². The molecule has 5 heteroatoms. The molecule has 1 heterocycles. The number of rotatable bonds is 5. The first-order chi connectivity index (χ1) is 8.72. The maximum atomic E-state index is 12.7. The van der Waals surface area contributed by atoms with Crippen LogP contribution in [0.25, 0.3) is 0 Å². The molecule has 1 fully saturated rings. The zero-order chi connectivity index (χ0) is 13.0. The summed E-state index contributed by atoms with van der Waals surface area (Å²) >= 11 is 0. The molecule has 1 aromatic rings. The van der Waals surface area contributed by atoms with Gasteiger partial charge in [-0.2, -0.15) is 4.39 Å². The summed E-state index contributed by atoms with van der Waals surface area (Å²) < 4.78 is 12.7. The average molecular weight is 252 g/mol. The van der Waals surface area contributed by atoms with E-state index in [0.29, 0.717) is 18.5 Å². The molecule has 0 bridgehead atoms. The fourth-order valence-corrected chi connectivity index (χ4v) is 2.06. The number of amides is 1. The lowest BCUT2D eigenvalue weighted by molar-refractivity contribution is 0.0562. The van der Waals surface area contributed by atoms with Gasteiger partial charge in [-0.1, -0.05) is 0 Å². The lowest BCUT2D eigenvalue weighted by Gasteiger charge is -2.37. The minimum Gasteiger partial charge on any atom is -0.396 e. The average Bonchev–Trinajstić information content (AvgIpc) is 2.32. The van der Waals surface area contributed by atoms with Crippen molar-refractivity contribution in [2.45, 2.75) is 31.7 Å². The van der Waals surface area contributed by atoms with Crippen molar-refractivity contribution in [3.63, 3.8) is 0 Å². The van der Waals surface area contributed by atoms with Gasteiger partial charge >= 0.3 is 0 Å². The van der Waals surface area contributed by atoms with Gasteiger partial charge in [0.05, 0.1) is 5.56 Å². The van der Waals surface area contributed by atoms with Gasteiger partial charge in [0.2, 0.25) is 5.95 Å². The van der Waals surface area contributed by atoms with Gasteiger partial charge < -0.3 is 10.0 Å². The first-order valence-electron chi connectivity index (χ1n) is 6.26. The molecule has 0 atom stereocenters. The van der Waals surface area contributed by atoms with Crippen LogP contribution in [0.1, 0.15) is 36.0 Å². The molecule has 0 unspecified atom stereocenters. The van der Waals surface area contributed by atoms with E-state index in [1.807, 2.05) is 0 Å². The molecule has 18 heavy (non-hydrogen) atoms. The number of pyridine rings is 1. The molecule has 1 saturated carbocycles. The van der Waals surface area contributed by atoms with Gasteiger partial charge in [-0.15, -0.1) is 0 Å². The number of hydrogen-bond acceptors (Lipinski definition) is 3. The third-order valence-electron chi connectivity index (χ3n) is 3.31. The van der Waals surface area contributed by atoms with Crippen molar-refractivity contribution >= 4 is 5.91 Å². The van der Waals surface area contributed by atoms with E-state index in [-0.39, 0.29) is 18.6 Å². The van der Waals surface area contributed by atoms with Crippen LogP contribution in [-0.2, 0) is 0 Å². The molecule has 4 nitrogen and oxygen atoms in total. The monoisotopic (exact) mass is 252 g/mol. The summed E-state index contributed by atoms with van der Waals surface area (Å²) in [5, 5.41) is 8.88. The Bertz CT molecular complexity index is 404. The van der Waals surface area contributed by atoms with Crippen LogP contribution in [-0.4, -0.2) is 40.1 Å². The highest BCUT2D eigenvalue weighted by Crippen LogP contribution is 2.26. The van der Waals surface area contributed by atoms with Gasteiger partial charge in [-0.3, -0.25) is 4.79 Å². The Kier molecular flexibility index (Phi) is 4.25. The molecule has 98 valence electrons. The van der Waals surface area contributed by atoms with Gasteiger partial charge in [-0.25, -0.2) is 4.98 Å². The number of carbonyl (C=O) groups excluding carboxylic acids is 1. The number of halogens is 1. The van der Waals surface area contributed by atoms with Crippen LogP contribution in [0.15, 0.2) is 18.3 Å². The van der Waals surface area contributed by atoms with Crippen molar-refractivity contribution in [2.24, 2.45) is 0 Å². The summed E-state index contributed by atoms with van der Waals surface area (Å²) in [5.41, 5.74) is 0.404. The Morgan fingerprint density at radius 2 is 2.28 bits per heavy atom. The molecule has 2 rings (SSSR count). The van der Waals surface area contributed by atoms with E-state index >= 15 is 0 Å².